The third-order valence-corrected chi connectivity index (χ3v) is 11.6. The minimum absolute atomic E-state index is 0.0237. The molecule has 4 atom stereocenters. The monoisotopic (exact) mass is 890 g/mol. The summed E-state index contributed by atoms with van der Waals surface area (Å²) in [6.45, 7) is 2.82. The van der Waals surface area contributed by atoms with Gasteiger partial charge in [-0.1, -0.05) is 73.5 Å². The van der Waals surface area contributed by atoms with Crippen LogP contribution in [0.15, 0.2) is 84.9 Å². The van der Waals surface area contributed by atoms with Gasteiger partial charge in [0.2, 0.25) is 11.8 Å². The fraction of sp³-hybridized carbons (Fsp3) is 0.400. The molecule has 14 heteroatoms. The molecule has 4 aromatic carbocycles. The van der Waals surface area contributed by atoms with Gasteiger partial charge in [-0.3, -0.25) is 24.0 Å². The average molecular weight is 892 g/mol. The van der Waals surface area contributed by atoms with Crippen LogP contribution in [0.5, 0.6) is 11.5 Å². The highest BCUT2D eigenvalue weighted by atomic mass is 35.5. The maximum atomic E-state index is 14.8. The first-order chi connectivity index (χ1) is 30.9. The molecule has 0 saturated heterocycles. The molecule has 1 aliphatic heterocycles. The third-order valence-electron chi connectivity index (χ3n) is 11.4. The van der Waals surface area contributed by atoms with Crippen molar-refractivity contribution < 1.29 is 33.4 Å². The molecule has 1 heterocycles. The van der Waals surface area contributed by atoms with Crippen molar-refractivity contribution in [1.29, 1.82) is 5.26 Å². The van der Waals surface area contributed by atoms with Crippen molar-refractivity contribution in [2.75, 3.05) is 39.9 Å². The number of likely N-dealkylation sites (N-methyl/N-ethyl adjacent to an activating group) is 1. The molecule has 4 aromatic rings. The Balaban J connectivity index is 1.54. The van der Waals surface area contributed by atoms with Gasteiger partial charge in [0.05, 0.1) is 12.1 Å². The molecule has 4 bridgehead atoms. The summed E-state index contributed by atoms with van der Waals surface area (Å²) < 4.78 is 12.3. The van der Waals surface area contributed by atoms with Gasteiger partial charge in [0, 0.05) is 80.2 Å². The number of fused-ring (bicyclic) bond motifs is 5. The van der Waals surface area contributed by atoms with E-state index in [-0.39, 0.29) is 76.4 Å². The molecule has 0 spiro atoms. The molecule has 0 fully saturated rings. The lowest BCUT2D eigenvalue weighted by Crippen LogP contribution is -2.45. The van der Waals surface area contributed by atoms with Gasteiger partial charge in [-0.25, -0.2) is 0 Å². The van der Waals surface area contributed by atoms with E-state index in [1.54, 1.807) is 44.3 Å². The van der Waals surface area contributed by atoms with Crippen molar-refractivity contribution >= 4 is 40.8 Å². The van der Waals surface area contributed by atoms with Gasteiger partial charge in [-0.05, 0) is 90.0 Å². The minimum atomic E-state index is -1.19. The van der Waals surface area contributed by atoms with Crippen LogP contribution in [0, 0.1) is 23.2 Å². The quantitative estimate of drug-likeness (QED) is 0.0721. The van der Waals surface area contributed by atoms with Gasteiger partial charge in [0.1, 0.15) is 36.5 Å². The number of hydrogen-bond acceptors (Lipinski definition) is 11. The zero-order chi connectivity index (χ0) is 46.2. The maximum Gasteiger partial charge on any atom is 0.226 e. The van der Waals surface area contributed by atoms with Crippen LogP contribution in [0.25, 0.3) is 22.3 Å². The summed E-state index contributed by atoms with van der Waals surface area (Å²) >= 11 is 6.07. The Morgan fingerprint density at radius 2 is 1.47 bits per heavy atom. The van der Waals surface area contributed by atoms with Crippen molar-refractivity contribution in [1.82, 2.24) is 10.2 Å². The van der Waals surface area contributed by atoms with E-state index in [1.165, 1.54) is 4.90 Å². The third kappa shape index (κ3) is 13.3. The number of benzene rings is 4. The van der Waals surface area contributed by atoms with Crippen LogP contribution >= 0.6 is 11.6 Å². The predicted octanol–water partition coefficient (Wildman–Crippen LogP) is 6.30. The van der Waals surface area contributed by atoms with Crippen molar-refractivity contribution in [2.24, 2.45) is 29.0 Å². The Morgan fingerprint density at radius 3 is 2.09 bits per heavy atom. The number of nitrogens with zero attached hydrogens (tertiary/aromatic N) is 2. The summed E-state index contributed by atoms with van der Waals surface area (Å²) in [5.41, 5.74) is 22.6. The molecule has 0 saturated carbocycles. The SMILES string of the molecule is C[C@@H]1CC(=O)[C@@H](N(C)C(=O)[C@H](CCCCN)CC(=O)Cc2ccc(-c3ccc(Cl)cc3)cc2)c2ccc(OCCN)c(c2)-c2cc(ccc2OCCN)C[C@@H](C(=O)CCC#N)NC1=O. The number of ketones is 3. The van der Waals surface area contributed by atoms with E-state index in [9.17, 15) is 29.2 Å². The van der Waals surface area contributed by atoms with E-state index < -0.39 is 41.5 Å². The molecule has 0 aromatic heterocycles. The fourth-order valence-electron chi connectivity index (χ4n) is 8.01. The first-order valence-corrected chi connectivity index (χ1v) is 22.2. The van der Waals surface area contributed by atoms with Crippen LogP contribution in [-0.2, 0) is 36.8 Å². The molecular weight excluding hydrogens is 832 g/mol. The molecular formula is C50H59ClN6O7. The summed E-state index contributed by atoms with van der Waals surface area (Å²) in [4.78, 5) is 72.0. The Kier molecular flexibility index (Phi) is 18.6. The molecule has 7 N–H and O–H groups in total. The van der Waals surface area contributed by atoms with E-state index in [1.807, 2.05) is 60.7 Å². The smallest absolute Gasteiger partial charge is 0.226 e. The molecule has 0 unspecified atom stereocenters. The zero-order valence-electron chi connectivity index (χ0n) is 36.7. The van der Waals surface area contributed by atoms with Gasteiger partial charge in [-0.2, -0.15) is 5.26 Å². The standard InChI is InChI=1S/C50H59ClN6O7/c1-32-26-45(60)48(57(2)50(62)38(6-3-4-20-52)30-40(58)27-33-8-11-35(12-9-33)36-13-16-39(51)17-14-36)37-15-19-47(64-25-23-55)42(31-37)41-28-34(10-18-46(41)63-24-22-54)29-43(56-49(32)61)44(59)7-5-21-53/h8-19,28,31-32,38,43,48H,3-7,20,22-27,29-30,52,54-55H2,1-2H3,(H,56,61)/t32-,38-,43+,48+/m1/s1. The lowest BCUT2D eigenvalue weighted by atomic mass is 9.87. The fourth-order valence-corrected chi connectivity index (χ4v) is 8.13. The summed E-state index contributed by atoms with van der Waals surface area (Å²) in [5, 5.41) is 12.7. The summed E-state index contributed by atoms with van der Waals surface area (Å²) in [6.07, 6.45) is 1.40. The lowest BCUT2D eigenvalue weighted by Gasteiger charge is -2.32. The van der Waals surface area contributed by atoms with Crippen molar-refractivity contribution in [3.8, 4) is 39.8 Å². The summed E-state index contributed by atoms with van der Waals surface area (Å²) in [6, 6.07) is 25.6. The Hall–Kier alpha value is -5.91. The largest absolute Gasteiger partial charge is 0.492 e. The second-order valence-electron chi connectivity index (χ2n) is 16.3. The minimum Gasteiger partial charge on any atom is -0.492 e. The number of ether oxygens (including phenoxy) is 2. The highest BCUT2D eigenvalue weighted by molar-refractivity contribution is 6.30. The number of halogens is 1. The second kappa shape index (κ2) is 24.2. The highest BCUT2D eigenvalue weighted by Gasteiger charge is 2.36. The van der Waals surface area contributed by atoms with Crippen molar-refractivity contribution in [3.63, 3.8) is 0 Å². The topological polar surface area (TPSA) is 221 Å². The molecule has 64 heavy (non-hydrogen) atoms. The lowest BCUT2D eigenvalue weighted by molar-refractivity contribution is -0.144. The number of hydrogen-bond donors (Lipinski definition) is 4. The number of Topliss-reactive ketones (excluding diaryl/α,β-unsaturated/α-hetero) is 3. The number of unbranched alkanes of at least 4 members (excludes halogenated alkanes) is 1. The number of nitriles is 1. The highest BCUT2D eigenvalue weighted by Crippen LogP contribution is 2.41. The number of amides is 2. The van der Waals surface area contributed by atoms with Crippen LogP contribution < -0.4 is 32.0 Å². The Bertz CT molecular complexity index is 2300. The zero-order valence-corrected chi connectivity index (χ0v) is 37.4. The van der Waals surface area contributed by atoms with Gasteiger partial charge >= 0.3 is 0 Å². The molecule has 13 nitrogen and oxygen atoms in total. The van der Waals surface area contributed by atoms with Gasteiger partial charge < -0.3 is 36.9 Å². The summed E-state index contributed by atoms with van der Waals surface area (Å²) in [5.74, 6) is -2.57. The van der Waals surface area contributed by atoms with E-state index >= 15 is 0 Å². The number of nitrogens with one attached hydrogen (secondary N) is 1. The van der Waals surface area contributed by atoms with E-state index in [0.29, 0.717) is 64.6 Å². The van der Waals surface area contributed by atoms with E-state index in [2.05, 4.69) is 5.32 Å². The normalized spacial score (nSPS) is 16.7. The Morgan fingerprint density at radius 1 is 0.844 bits per heavy atom. The predicted molar refractivity (Wildman–Crippen MR) is 247 cm³/mol. The Labute approximate surface area is 380 Å². The summed E-state index contributed by atoms with van der Waals surface area (Å²) in [7, 11) is 1.55. The molecule has 5 rings (SSSR count). The first kappa shape index (κ1) is 49.1. The molecule has 0 aliphatic carbocycles. The first-order valence-electron chi connectivity index (χ1n) is 21.9. The molecule has 2 amide bonds. The molecule has 1 aliphatic rings. The van der Waals surface area contributed by atoms with E-state index in [0.717, 1.165) is 16.7 Å². The molecule has 0 radical (unpaired) electrons. The van der Waals surface area contributed by atoms with Crippen LogP contribution in [0.2, 0.25) is 5.02 Å². The number of carbonyl (C=O) groups excluding carboxylic acids is 5. The second-order valence-corrected chi connectivity index (χ2v) is 16.7. The van der Waals surface area contributed by atoms with Crippen LogP contribution in [-0.4, -0.2) is 80.0 Å². The number of nitrogens with two attached hydrogens (primary N) is 3. The van der Waals surface area contributed by atoms with Crippen LogP contribution in [0.4, 0.5) is 0 Å². The average Bonchev–Trinajstić information content (AvgIpc) is 3.29. The van der Waals surface area contributed by atoms with Crippen LogP contribution in [0.3, 0.4) is 0 Å². The molecule has 338 valence electrons. The van der Waals surface area contributed by atoms with Gasteiger partial charge in [0.15, 0.2) is 11.6 Å². The van der Waals surface area contributed by atoms with Gasteiger partial charge in [-0.15, -0.1) is 0 Å². The van der Waals surface area contributed by atoms with Crippen molar-refractivity contribution in [3.05, 3.63) is 107 Å². The van der Waals surface area contributed by atoms with Crippen molar-refractivity contribution in [2.45, 2.75) is 76.8 Å². The van der Waals surface area contributed by atoms with Crippen LogP contribution in [0.1, 0.15) is 74.6 Å². The number of rotatable bonds is 20. The van der Waals surface area contributed by atoms with Gasteiger partial charge in [0.25, 0.3) is 0 Å². The van der Waals surface area contributed by atoms with E-state index in [4.69, 9.17) is 38.3 Å². The maximum absolute atomic E-state index is 14.8. The number of carbonyl (C=O) groups is 5.